The van der Waals surface area contributed by atoms with Crippen LogP contribution >= 0.6 is 0 Å². The Hall–Kier alpha value is -2.34. The van der Waals surface area contributed by atoms with Crippen LogP contribution in [0.1, 0.15) is 11.6 Å². The number of hydrogen-bond acceptors (Lipinski definition) is 4. The van der Waals surface area contributed by atoms with Gasteiger partial charge >= 0.3 is 0 Å². The van der Waals surface area contributed by atoms with Crippen molar-refractivity contribution in [1.82, 2.24) is 19.1 Å². The number of aliphatic hydroxyl groups is 1. The number of imidazole rings is 2. The van der Waals surface area contributed by atoms with Crippen LogP contribution in [0.4, 0.5) is 5.69 Å². The third-order valence-electron chi connectivity index (χ3n) is 3.47. The minimum absolute atomic E-state index is 0.0881. The molecule has 0 aliphatic rings. The Bertz CT molecular complexity index is 743. The molecule has 0 bridgehead atoms. The molecule has 2 aromatic heterocycles. The van der Waals surface area contributed by atoms with E-state index in [0.717, 1.165) is 29.8 Å². The summed E-state index contributed by atoms with van der Waals surface area (Å²) in [7, 11) is 1.97. The highest BCUT2D eigenvalue weighted by molar-refractivity contribution is 5.79. The van der Waals surface area contributed by atoms with E-state index in [1.165, 1.54) is 0 Å². The Morgan fingerprint density at radius 3 is 2.85 bits per heavy atom. The van der Waals surface area contributed by atoms with E-state index in [2.05, 4.69) is 9.97 Å². The maximum atomic E-state index is 9.47. The van der Waals surface area contributed by atoms with Gasteiger partial charge < -0.3 is 20.0 Å². The summed E-state index contributed by atoms with van der Waals surface area (Å²) in [4.78, 5) is 8.73. The molecule has 0 aliphatic heterocycles. The first kappa shape index (κ1) is 12.7. The van der Waals surface area contributed by atoms with Crippen LogP contribution in [0.15, 0.2) is 30.6 Å². The molecule has 2 heterocycles. The summed E-state index contributed by atoms with van der Waals surface area (Å²) in [6.07, 6.45) is 4.50. The van der Waals surface area contributed by atoms with Gasteiger partial charge in [0, 0.05) is 38.1 Å². The van der Waals surface area contributed by atoms with Gasteiger partial charge in [0.15, 0.2) is 0 Å². The average molecular weight is 271 g/mol. The fourth-order valence-electron chi connectivity index (χ4n) is 2.42. The molecule has 0 spiro atoms. The number of hydrogen-bond donors (Lipinski definition) is 2. The first-order valence-electron chi connectivity index (χ1n) is 6.50. The topological polar surface area (TPSA) is 81.9 Å². The van der Waals surface area contributed by atoms with Gasteiger partial charge in [-0.15, -0.1) is 0 Å². The van der Waals surface area contributed by atoms with Gasteiger partial charge in [0.05, 0.1) is 11.0 Å². The molecule has 0 amide bonds. The molecule has 0 saturated carbocycles. The Morgan fingerprint density at radius 2 is 2.15 bits per heavy atom. The summed E-state index contributed by atoms with van der Waals surface area (Å²) in [6, 6.07) is 5.61. The molecule has 6 heteroatoms. The minimum Gasteiger partial charge on any atom is -0.399 e. The molecule has 0 atom stereocenters. The zero-order chi connectivity index (χ0) is 14.1. The molecule has 0 radical (unpaired) electrons. The van der Waals surface area contributed by atoms with Gasteiger partial charge in [0.2, 0.25) is 0 Å². The van der Waals surface area contributed by atoms with E-state index in [0.29, 0.717) is 11.5 Å². The standard InChI is InChI=1S/C14H17N5O/c1-18-7-5-16-13(18)4-6-19-12-3-2-10(15)8-11(12)17-14(19)9-20/h2-3,5,7-8,20H,4,6,9,15H2,1H3. The molecular weight excluding hydrogens is 254 g/mol. The molecule has 3 aromatic rings. The van der Waals surface area contributed by atoms with Crippen LogP contribution < -0.4 is 5.73 Å². The highest BCUT2D eigenvalue weighted by atomic mass is 16.3. The lowest BCUT2D eigenvalue weighted by Crippen LogP contribution is -2.09. The van der Waals surface area contributed by atoms with Crippen molar-refractivity contribution in [3.8, 4) is 0 Å². The van der Waals surface area contributed by atoms with Crippen molar-refractivity contribution in [2.75, 3.05) is 5.73 Å². The van der Waals surface area contributed by atoms with Crippen LogP contribution in [0.25, 0.3) is 11.0 Å². The Labute approximate surface area is 116 Å². The van der Waals surface area contributed by atoms with E-state index in [1.54, 1.807) is 6.20 Å². The number of nitrogen functional groups attached to an aromatic ring is 1. The second kappa shape index (κ2) is 4.97. The van der Waals surface area contributed by atoms with E-state index < -0.39 is 0 Å². The lowest BCUT2D eigenvalue weighted by Gasteiger charge is -2.08. The molecule has 0 saturated heterocycles. The molecule has 3 rings (SSSR count). The van der Waals surface area contributed by atoms with Crippen molar-refractivity contribution in [3.63, 3.8) is 0 Å². The number of anilines is 1. The van der Waals surface area contributed by atoms with E-state index in [1.807, 2.05) is 40.6 Å². The number of aryl methyl sites for hydroxylation is 3. The van der Waals surface area contributed by atoms with Crippen LogP contribution in [-0.4, -0.2) is 24.2 Å². The number of aromatic nitrogens is 4. The summed E-state index contributed by atoms with van der Waals surface area (Å²) in [5.41, 5.74) is 8.24. The van der Waals surface area contributed by atoms with E-state index >= 15 is 0 Å². The number of benzene rings is 1. The van der Waals surface area contributed by atoms with Crippen molar-refractivity contribution in [2.24, 2.45) is 7.05 Å². The molecule has 20 heavy (non-hydrogen) atoms. The first-order chi connectivity index (χ1) is 9.69. The molecular formula is C14H17N5O. The quantitative estimate of drug-likeness (QED) is 0.696. The van der Waals surface area contributed by atoms with Gasteiger partial charge in [0.25, 0.3) is 0 Å². The largest absolute Gasteiger partial charge is 0.399 e. The maximum Gasteiger partial charge on any atom is 0.135 e. The van der Waals surface area contributed by atoms with Crippen molar-refractivity contribution in [3.05, 3.63) is 42.2 Å². The number of fused-ring (bicyclic) bond motifs is 1. The van der Waals surface area contributed by atoms with Crippen molar-refractivity contribution < 1.29 is 5.11 Å². The molecule has 104 valence electrons. The third kappa shape index (κ3) is 2.14. The summed E-state index contributed by atoms with van der Waals surface area (Å²) in [5, 5.41) is 9.47. The van der Waals surface area contributed by atoms with Crippen molar-refractivity contribution >= 4 is 16.7 Å². The number of rotatable bonds is 4. The predicted octanol–water partition coefficient (Wildman–Crippen LogP) is 1.09. The molecule has 0 unspecified atom stereocenters. The van der Waals surface area contributed by atoms with Crippen LogP contribution in [0, 0.1) is 0 Å². The highest BCUT2D eigenvalue weighted by Gasteiger charge is 2.11. The second-order valence-electron chi connectivity index (χ2n) is 4.79. The molecule has 6 nitrogen and oxygen atoms in total. The summed E-state index contributed by atoms with van der Waals surface area (Å²) < 4.78 is 4.01. The number of nitrogens with two attached hydrogens (primary N) is 1. The lowest BCUT2D eigenvalue weighted by molar-refractivity contribution is 0.265. The fourth-order valence-corrected chi connectivity index (χ4v) is 2.42. The minimum atomic E-state index is -0.0881. The first-order valence-corrected chi connectivity index (χ1v) is 6.50. The SMILES string of the molecule is Cn1ccnc1CCn1c(CO)nc2cc(N)ccc21. The second-order valence-corrected chi connectivity index (χ2v) is 4.79. The van der Waals surface area contributed by atoms with Gasteiger partial charge in [-0.1, -0.05) is 0 Å². The van der Waals surface area contributed by atoms with E-state index in [4.69, 9.17) is 5.73 Å². The number of nitrogens with zero attached hydrogens (tertiary/aromatic N) is 4. The van der Waals surface area contributed by atoms with Crippen molar-refractivity contribution in [2.45, 2.75) is 19.6 Å². The Kier molecular flexibility index (Phi) is 3.15. The monoisotopic (exact) mass is 271 g/mol. The highest BCUT2D eigenvalue weighted by Crippen LogP contribution is 2.19. The summed E-state index contributed by atoms with van der Waals surface area (Å²) in [6.45, 7) is 0.635. The van der Waals surface area contributed by atoms with Gasteiger partial charge in [-0.2, -0.15) is 0 Å². The van der Waals surface area contributed by atoms with Crippen molar-refractivity contribution in [1.29, 1.82) is 0 Å². The molecule has 1 aromatic carbocycles. The fraction of sp³-hybridized carbons (Fsp3) is 0.286. The van der Waals surface area contributed by atoms with Crippen LogP contribution in [-0.2, 0) is 26.6 Å². The average Bonchev–Trinajstić information content (AvgIpc) is 2.99. The Morgan fingerprint density at radius 1 is 1.30 bits per heavy atom. The third-order valence-corrected chi connectivity index (χ3v) is 3.47. The van der Waals surface area contributed by atoms with Crippen LogP contribution in [0.5, 0.6) is 0 Å². The molecule has 0 fully saturated rings. The van der Waals surface area contributed by atoms with Crippen LogP contribution in [0.2, 0.25) is 0 Å². The molecule has 3 N–H and O–H groups in total. The van der Waals surface area contributed by atoms with Crippen LogP contribution in [0.3, 0.4) is 0 Å². The van der Waals surface area contributed by atoms with Gasteiger partial charge in [-0.05, 0) is 18.2 Å². The van der Waals surface area contributed by atoms with E-state index in [9.17, 15) is 5.11 Å². The number of aliphatic hydroxyl groups excluding tert-OH is 1. The van der Waals surface area contributed by atoms with Gasteiger partial charge in [-0.25, -0.2) is 9.97 Å². The normalized spacial score (nSPS) is 11.3. The zero-order valence-electron chi connectivity index (χ0n) is 11.3. The van der Waals surface area contributed by atoms with Gasteiger partial charge in [-0.3, -0.25) is 0 Å². The molecule has 0 aliphatic carbocycles. The Balaban J connectivity index is 1.95. The smallest absolute Gasteiger partial charge is 0.135 e. The predicted molar refractivity (Wildman–Crippen MR) is 77.0 cm³/mol. The summed E-state index contributed by atoms with van der Waals surface area (Å²) >= 11 is 0. The van der Waals surface area contributed by atoms with Gasteiger partial charge in [0.1, 0.15) is 18.3 Å². The maximum absolute atomic E-state index is 9.47. The zero-order valence-corrected chi connectivity index (χ0v) is 11.3. The van der Waals surface area contributed by atoms with E-state index in [-0.39, 0.29) is 6.61 Å². The summed E-state index contributed by atoms with van der Waals surface area (Å²) in [5.74, 6) is 1.66. The lowest BCUT2D eigenvalue weighted by atomic mass is 10.3.